The third kappa shape index (κ3) is 4.10. The lowest BCUT2D eigenvalue weighted by atomic mass is 9.76. The molecule has 74 valence electrons. The Morgan fingerprint density at radius 1 is 1.33 bits per heavy atom. The molecule has 2 N–H and O–H groups in total. The highest BCUT2D eigenvalue weighted by Crippen LogP contribution is 2.33. The minimum Gasteiger partial charge on any atom is -0.330 e. The van der Waals surface area contributed by atoms with Crippen LogP contribution in [0.2, 0.25) is 0 Å². The molecule has 0 aliphatic rings. The van der Waals surface area contributed by atoms with Crippen LogP contribution < -0.4 is 5.73 Å². The van der Waals surface area contributed by atoms with E-state index in [0.717, 1.165) is 12.5 Å². The molecule has 0 amide bonds. The molecule has 2 atom stereocenters. The maximum atomic E-state index is 5.61. The Hall–Kier alpha value is -0.0400. The first-order chi connectivity index (χ1) is 5.58. The van der Waals surface area contributed by atoms with E-state index >= 15 is 0 Å². The molecule has 0 fully saturated rings. The molecule has 2 unspecified atom stereocenters. The predicted octanol–water partition coefficient (Wildman–Crippen LogP) is 3.19. The molecule has 0 spiro atoms. The van der Waals surface area contributed by atoms with E-state index in [1.165, 1.54) is 25.7 Å². The van der Waals surface area contributed by atoms with E-state index in [9.17, 15) is 0 Å². The maximum Gasteiger partial charge on any atom is -0.00721 e. The molecule has 0 bridgehead atoms. The van der Waals surface area contributed by atoms with Gasteiger partial charge in [0.25, 0.3) is 0 Å². The van der Waals surface area contributed by atoms with E-state index in [4.69, 9.17) is 5.73 Å². The van der Waals surface area contributed by atoms with Gasteiger partial charge in [-0.1, -0.05) is 40.5 Å². The molecular weight excluding hydrogens is 146 g/mol. The lowest BCUT2D eigenvalue weighted by Crippen LogP contribution is -2.22. The third-order valence-electron chi connectivity index (χ3n) is 3.14. The highest BCUT2D eigenvalue weighted by Gasteiger charge is 2.22. The van der Waals surface area contributed by atoms with Crippen LogP contribution in [0.5, 0.6) is 0 Å². The molecule has 0 rings (SSSR count). The smallest absolute Gasteiger partial charge is 0.00721 e. The van der Waals surface area contributed by atoms with Crippen LogP contribution in [0, 0.1) is 11.3 Å². The maximum absolute atomic E-state index is 5.61. The summed E-state index contributed by atoms with van der Waals surface area (Å²) in [4.78, 5) is 0. The Kier molecular flexibility index (Phi) is 5.56. The first-order valence-electron chi connectivity index (χ1n) is 5.28. The molecule has 1 heteroatoms. The standard InChI is InChI=1S/C11H25N/c1-5-10(3)9-11(4,6-2)7-8-12/h10H,5-9,12H2,1-4H3. The molecule has 0 aromatic rings. The fourth-order valence-electron chi connectivity index (χ4n) is 1.76. The molecule has 0 radical (unpaired) electrons. The van der Waals surface area contributed by atoms with Crippen molar-refractivity contribution in [2.75, 3.05) is 6.54 Å². The third-order valence-corrected chi connectivity index (χ3v) is 3.14. The molecule has 12 heavy (non-hydrogen) atoms. The molecule has 0 aliphatic carbocycles. The van der Waals surface area contributed by atoms with Gasteiger partial charge < -0.3 is 5.73 Å². The molecule has 0 saturated carbocycles. The van der Waals surface area contributed by atoms with Gasteiger partial charge in [-0.3, -0.25) is 0 Å². The second-order valence-electron chi connectivity index (χ2n) is 4.42. The molecule has 0 aromatic heterocycles. The average molecular weight is 171 g/mol. The zero-order chi connectivity index (χ0) is 9.61. The molecule has 0 aliphatic heterocycles. The van der Waals surface area contributed by atoms with Gasteiger partial charge in [-0.15, -0.1) is 0 Å². The lowest BCUT2D eigenvalue weighted by Gasteiger charge is -2.30. The second-order valence-corrected chi connectivity index (χ2v) is 4.42. The quantitative estimate of drug-likeness (QED) is 0.652. The van der Waals surface area contributed by atoms with Gasteiger partial charge in [0.05, 0.1) is 0 Å². The van der Waals surface area contributed by atoms with Crippen LogP contribution in [0.4, 0.5) is 0 Å². The van der Waals surface area contributed by atoms with Gasteiger partial charge in [0.1, 0.15) is 0 Å². The first-order valence-corrected chi connectivity index (χ1v) is 5.28. The van der Waals surface area contributed by atoms with Crippen molar-refractivity contribution >= 4 is 0 Å². The summed E-state index contributed by atoms with van der Waals surface area (Å²) in [5.74, 6) is 0.849. The number of hydrogen-bond acceptors (Lipinski definition) is 1. The van der Waals surface area contributed by atoms with E-state index in [-0.39, 0.29) is 0 Å². The van der Waals surface area contributed by atoms with E-state index in [1.807, 2.05) is 0 Å². The minimum atomic E-state index is 0.490. The lowest BCUT2D eigenvalue weighted by molar-refractivity contribution is 0.220. The molecule has 0 aromatic carbocycles. The molecular formula is C11H25N. The van der Waals surface area contributed by atoms with Crippen LogP contribution in [-0.2, 0) is 0 Å². The Labute approximate surface area is 77.7 Å². The van der Waals surface area contributed by atoms with Gasteiger partial charge in [-0.05, 0) is 30.7 Å². The Balaban J connectivity index is 3.94. The van der Waals surface area contributed by atoms with Crippen LogP contribution in [0.3, 0.4) is 0 Å². The summed E-state index contributed by atoms with van der Waals surface area (Å²) in [7, 11) is 0. The van der Waals surface area contributed by atoms with Gasteiger partial charge >= 0.3 is 0 Å². The molecule has 1 nitrogen and oxygen atoms in total. The van der Waals surface area contributed by atoms with Gasteiger partial charge in [0, 0.05) is 0 Å². The summed E-state index contributed by atoms with van der Waals surface area (Å²) in [6.45, 7) is 10.1. The summed E-state index contributed by atoms with van der Waals surface area (Å²) in [6.07, 6.45) is 5.06. The highest BCUT2D eigenvalue weighted by atomic mass is 14.5. The SMILES string of the molecule is CCC(C)CC(C)(CC)CCN. The summed E-state index contributed by atoms with van der Waals surface area (Å²) < 4.78 is 0. The van der Waals surface area contributed by atoms with Crippen molar-refractivity contribution in [3.63, 3.8) is 0 Å². The zero-order valence-corrected chi connectivity index (χ0v) is 9.19. The van der Waals surface area contributed by atoms with Gasteiger partial charge in [0.2, 0.25) is 0 Å². The predicted molar refractivity (Wildman–Crippen MR) is 56.1 cm³/mol. The first kappa shape index (κ1) is 12.0. The summed E-state index contributed by atoms with van der Waals surface area (Å²) in [5, 5.41) is 0. The normalized spacial score (nSPS) is 18.8. The van der Waals surface area contributed by atoms with E-state index < -0.39 is 0 Å². The number of rotatable bonds is 6. The minimum absolute atomic E-state index is 0.490. The van der Waals surface area contributed by atoms with Gasteiger partial charge in [-0.2, -0.15) is 0 Å². The second kappa shape index (κ2) is 5.58. The summed E-state index contributed by atoms with van der Waals surface area (Å²) >= 11 is 0. The van der Waals surface area contributed by atoms with Crippen molar-refractivity contribution in [1.82, 2.24) is 0 Å². The van der Waals surface area contributed by atoms with E-state index in [0.29, 0.717) is 5.41 Å². The molecule has 0 saturated heterocycles. The van der Waals surface area contributed by atoms with Crippen LogP contribution in [-0.4, -0.2) is 6.54 Å². The van der Waals surface area contributed by atoms with Crippen molar-refractivity contribution in [3.05, 3.63) is 0 Å². The summed E-state index contributed by atoms with van der Waals surface area (Å²) in [6, 6.07) is 0. The van der Waals surface area contributed by atoms with Crippen molar-refractivity contribution in [2.24, 2.45) is 17.1 Å². The van der Waals surface area contributed by atoms with Crippen LogP contribution in [0.1, 0.15) is 53.4 Å². The average Bonchev–Trinajstić information content (AvgIpc) is 2.05. The van der Waals surface area contributed by atoms with Gasteiger partial charge in [0.15, 0.2) is 0 Å². The number of nitrogens with two attached hydrogens (primary N) is 1. The Bertz CT molecular complexity index is 112. The van der Waals surface area contributed by atoms with Crippen molar-refractivity contribution in [2.45, 2.75) is 53.4 Å². The van der Waals surface area contributed by atoms with Crippen molar-refractivity contribution < 1.29 is 0 Å². The highest BCUT2D eigenvalue weighted by molar-refractivity contribution is 4.75. The Morgan fingerprint density at radius 2 is 1.92 bits per heavy atom. The summed E-state index contributed by atoms with van der Waals surface area (Å²) in [5.41, 5.74) is 6.10. The van der Waals surface area contributed by atoms with E-state index in [2.05, 4.69) is 27.7 Å². The monoisotopic (exact) mass is 171 g/mol. The largest absolute Gasteiger partial charge is 0.330 e. The molecule has 0 heterocycles. The zero-order valence-electron chi connectivity index (χ0n) is 9.19. The van der Waals surface area contributed by atoms with Crippen molar-refractivity contribution in [3.8, 4) is 0 Å². The van der Waals surface area contributed by atoms with E-state index in [1.54, 1.807) is 0 Å². The van der Waals surface area contributed by atoms with Gasteiger partial charge in [-0.25, -0.2) is 0 Å². The number of hydrogen-bond donors (Lipinski definition) is 1. The van der Waals surface area contributed by atoms with Crippen LogP contribution >= 0.6 is 0 Å². The Morgan fingerprint density at radius 3 is 2.25 bits per heavy atom. The van der Waals surface area contributed by atoms with Crippen LogP contribution in [0.15, 0.2) is 0 Å². The fraction of sp³-hybridized carbons (Fsp3) is 1.00. The van der Waals surface area contributed by atoms with Crippen LogP contribution in [0.25, 0.3) is 0 Å². The van der Waals surface area contributed by atoms with Crippen molar-refractivity contribution in [1.29, 1.82) is 0 Å². The fourth-order valence-corrected chi connectivity index (χ4v) is 1.76. The topological polar surface area (TPSA) is 26.0 Å².